The second-order valence-corrected chi connectivity index (χ2v) is 4.08. The van der Waals surface area contributed by atoms with Crippen molar-refractivity contribution in [1.82, 2.24) is 14.8 Å². The SMILES string of the molecule is O=C(O)C1CCn2nc(-c3ccco3)nc2C1. The number of aryl methyl sites for hydroxylation is 1. The zero-order valence-electron chi connectivity index (χ0n) is 9.04. The molecule has 1 aliphatic rings. The molecular weight excluding hydrogens is 222 g/mol. The van der Waals surface area contributed by atoms with Gasteiger partial charge >= 0.3 is 5.97 Å². The van der Waals surface area contributed by atoms with E-state index in [1.165, 1.54) is 0 Å². The largest absolute Gasteiger partial charge is 0.481 e. The Kier molecular flexibility index (Phi) is 2.21. The summed E-state index contributed by atoms with van der Waals surface area (Å²) in [6, 6.07) is 3.56. The monoisotopic (exact) mass is 233 g/mol. The number of rotatable bonds is 2. The topological polar surface area (TPSA) is 81.1 Å². The number of aliphatic carboxylic acids is 1. The molecule has 2 aromatic rings. The van der Waals surface area contributed by atoms with E-state index in [1.54, 1.807) is 23.1 Å². The average Bonchev–Trinajstić information content (AvgIpc) is 2.96. The molecule has 3 rings (SSSR count). The van der Waals surface area contributed by atoms with Gasteiger partial charge < -0.3 is 9.52 Å². The van der Waals surface area contributed by atoms with E-state index < -0.39 is 5.97 Å². The lowest BCUT2D eigenvalue weighted by Gasteiger charge is -2.17. The first-order valence-corrected chi connectivity index (χ1v) is 5.44. The van der Waals surface area contributed by atoms with Crippen LogP contribution in [0.4, 0.5) is 0 Å². The van der Waals surface area contributed by atoms with Gasteiger partial charge in [0.25, 0.3) is 0 Å². The maximum absolute atomic E-state index is 10.9. The molecule has 88 valence electrons. The molecule has 1 aliphatic heterocycles. The van der Waals surface area contributed by atoms with Gasteiger partial charge in [0.2, 0.25) is 5.82 Å². The van der Waals surface area contributed by atoms with Crippen LogP contribution in [-0.2, 0) is 17.8 Å². The number of fused-ring (bicyclic) bond motifs is 1. The summed E-state index contributed by atoms with van der Waals surface area (Å²) in [5.41, 5.74) is 0. The van der Waals surface area contributed by atoms with Crippen LogP contribution < -0.4 is 0 Å². The van der Waals surface area contributed by atoms with Gasteiger partial charge in [-0.05, 0) is 18.6 Å². The molecule has 0 bridgehead atoms. The van der Waals surface area contributed by atoms with Gasteiger partial charge in [-0.15, -0.1) is 5.10 Å². The van der Waals surface area contributed by atoms with Crippen LogP contribution in [0.15, 0.2) is 22.8 Å². The standard InChI is InChI=1S/C11H11N3O3/c15-11(16)7-3-4-14-9(6-7)12-10(13-14)8-2-1-5-17-8/h1-2,5,7H,3-4,6H2,(H,15,16). The van der Waals surface area contributed by atoms with Gasteiger partial charge in [-0.2, -0.15) is 0 Å². The van der Waals surface area contributed by atoms with E-state index in [4.69, 9.17) is 9.52 Å². The van der Waals surface area contributed by atoms with Crippen molar-refractivity contribution in [3.8, 4) is 11.6 Å². The number of carbonyl (C=O) groups is 1. The predicted molar refractivity (Wildman–Crippen MR) is 57.2 cm³/mol. The fraction of sp³-hybridized carbons (Fsp3) is 0.364. The van der Waals surface area contributed by atoms with Crippen LogP contribution in [0.2, 0.25) is 0 Å². The minimum atomic E-state index is -0.765. The summed E-state index contributed by atoms with van der Waals surface area (Å²) in [6.07, 6.45) is 2.60. The third kappa shape index (κ3) is 1.71. The molecule has 6 heteroatoms. The van der Waals surface area contributed by atoms with Gasteiger partial charge in [0.15, 0.2) is 5.76 Å². The van der Waals surface area contributed by atoms with E-state index in [1.807, 2.05) is 0 Å². The average molecular weight is 233 g/mol. The first kappa shape index (κ1) is 10.1. The summed E-state index contributed by atoms with van der Waals surface area (Å²) >= 11 is 0. The normalized spacial score (nSPS) is 18.9. The van der Waals surface area contributed by atoms with Crippen LogP contribution in [0, 0.1) is 5.92 Å². The highest BCUT2D eigenvalue weighted by Gasteiger charge is 2.27. The molecule has 0 saturated heterocycles. The Morgan fingerprint density at radius 3 is 3.18 bits per heavy atom. The molecule has 0 radical (unpaired) electrons. The van der Waals surface area contributed by atoms with Crippen molar-refractivity contribution >= 4 is 5.97 Å². The molecule has 0 aromatic carbocycles. The molecule has 2 aromatic heterocycles. The van der Waals surface area contributed by atoms with Crippen molar-refractivity contribution in [3.05, 3.63) is 24.2 Å². The Labute approximate surface area is 96.9 Å². The van der Waals surface area contributed by atoms with E-state index in [0.717, 1.165) is 5.82 Å². The van der Waals surface area contributed by atoms with E-state index in [9.17, 15) is 4.79 Å². The number of carboxylic acid groups (broad SMARTS) is 1. The number of furan rings is 1. The zero-order chi connectivity index (χ0) is 11.8. The molecule has 1 unspecified atom stereocenters. The van der Waals surface area contributed by atoms with E-state index in [-0.39, 0.29) is 5.92 Å². The highest BCUT2D eigenvalue weighted by Crippen LogP contribution is 2.22. The van der Waals surface area contributed by atoms with Gasteiger partial charge in [-0.3, -0.25) is 4.79 Å². The Morgan fingerprint density at radius 2 is 2.47 bits per heavy atom. The summed E-state index contributed by atoms with van der Waals surface area (Å²) in [7, 11) is 0. The van der Waals surface area contributed by atoms with E-state index in [2.05, 4.69) is 10.1 Å². The molecule has 3 heterocycles. The molecule has 1 atom stereocenters. The summed E-state index contributed by atoms with van der Waals surface area (Å²) in [6.45, 7) is 0.597. The highest BCUT2D eigenvalue weighted by atomic mass is 16.4. The fourth-order valence-corrected chi connectivity index (χ4v) is 2.03. The lowest BCUT2D eigenvalue weighted by molar-refractivity contribution is -0.142. The van der Waals surface area contributed by atoms with Gasteiger partial charge in [0.05, 0.1) is 12.2 Å². The van der Waals surface area contributed by atoms with Crippen LogP contribution in [-0.4, -0.2) is 25.8 Å². The molecule has 6 nitrogen and oxygen atoms in total. The minimum absolute atomic E-state index is 0.351. The zero-order valence-corrected chi connectivity index (χ0v) is 9.04. The maximum Gasteiger partial charge on any atom is 0.307 e. The lowest BCUT2D eigenvalue weighted by Crippen LogP contribution is -2.26. The van der Waals surface area contributed by atoms with Crippen molar-refractivity contribution in [1.29, 1.82) is 0 Å². The number of nitrogens with zero attached hydrogens (tertiary/aromatic N) is 3. The first-order valence-electron chi connectivity index (χ1n) is 5.44. The Hall–Kier alpha value is -2.11. The van der Waals surface area contributed by atoms with Crippen molar-refractivity contribution in [2.24, 2.45) is 5.92 Å². The minimum Gasteiger partial charge on any atom is -0.481 e. The van der Waals surface area contributed by atoms with Gasteiger partial charge in [0, 0.05) is 13.0 Å². The second kappa shape index (κ2) is 3.73. The molecule has 17 heavy (non-hydrogen) atoms. The fourth-order valence-electron chi connectivity index (χ4n) is 2.03. The quantitative estimate of drug-likeness (QED) is 0.842. The van der Waals surface area contributed by atoms with Crippen molar-refractivity contribution in [3.63, 3.8) is 0 Å². The second-order valence-electron chi connectivity index (χ2n) is 4.08. The molecule has 0 spiro atoms. The van der Waals surface area contributed by atoms with Crippen molar-refractivity contribution in [2.45, 2.75) is 19.4 Å². The van der Waals surface area contributed by atoms with Gasteiger partial charge in [-0.25, -0.2) is 9.67 Å². The van der Waals surface area contributed by atoms with Gasteiger partial charge in [0.1, 0.15) is 5.82 Å². The van der Waals surface area contributed by atoms with Crippen LogP contribution in [0.1, 0.15) is 12.2 Å². The van der Waals surface area contributed by atoms with Gasteiger partial charge in [-0.1, -0.05) is 0 Å². The third-order valence-electron chi connectivity index (χ3n) is 2.96. The molecule has 0 amide bonds. The predicted octanol–water partition coefficient (Wildman–Crippen LogP) is 1.19. The van der Waals surface area contributed by atoms with Crippen LogP contribution >= 0.6 is 0 Å². The first-order chi connectivity index (χ1) is 8.24. The number of hydrogen-bond acceptors (Lipinski definition) is 4. The van der Waals surface area contributed by atoms with Crippen molar-refractivity contribution < 1.29 is 14.3 Å². The van der Waals surface area contributed by atoms with E-state index >= 15 is 0 Å². The van der Waals surface area contributed by atoms with Crippen molar-refractivity contribution in [2.75, 3.05) is 0 Å². The summed E-state index contributed by atoms with van der Waals surface area (Å²) in [5.74, 6) is 0.736. The summed E-state index contributed by atoms with van der Waals surface area (Å²) in [4.78, 5) is 15.2. The Bertz CT molecular complexity index is 544. The van der Waals surface area contributed by atoms with Crippen LogP contribution in [0.5, 0.6) is 0 Å². The molecule has 0 fully saturated rings. The van der Waals surface area contributed by atoms with E-state index in [0.29, 0.717) is 31.0 Å². The number of carboxylic acids is 1. The molecule has 0 saturated carbocycles. The highest BCUT2D eigenvalue weighted by molar-refractivity contribution is 5.70. The smallest absolute Gasteiger partial charge is 0.307 e. The lowest BCUT2D eigenvalue weighted by atomic mass is 9.98. The van der Waals surface area contributed by atoms with Crippen LogP contribution in [0.25, 0.3) is 11.6 Å². The molecule has 0 aliphatic carbocycles. The molecule has 1 N–H and O–H groups in total. The summed E-state index contributed by atoms with van der Waals surface area (Å²) < 4.78 is 6.98. The number of hydrogen-bond donors (Lipinski definition) is 1. The molecular formula is C11H11N3O3. The Morgan fingerprint density at radius 1 is 1.59 bits per heavy atom. The maximum atomic E-state index is 10.9. The number of aromatic nitrogens is 3. The summed E-state index contributed by atoms with van der Waals surface area (Å²) in [5, 5.41) is 13.3. The third-order valence-corrected chi connectivity index (χ3v) is 2.96. The Balaban J connectivity index is 1.92. The van der Waals surface area contributed by atoms with Crippen LogP contribution in [0.3, 0.4) is 0 Å².